The fraction of sp³-hybridized carbons (Fsp3) is 0.261. The van der Waals surface area contributed by atoms with E-state index in [9.17, 15) is 9.59 Å². The molecule has 0 aliphatic carbocycles. The average molecular weight is 423 g/mol. The van der Waals surface area contributed by atoms with Crippen LogP contribution in [0, 0.1) is 0 Å². The van der Waals surface area contributed by atoms with Crippen molar-refractivity contribution in [2.45, 2.75) is 13.5 Å². The zero-order chi connectivity index (χ0) is 22.2. The Morgan fingerprint density at radius 3 is 2.42 bits per heavy atom. The lowest BCUT2D eigenvalue weighted by Gasteiger charge is -2.11. The molecule has 0 saturated carbocycles. The largest absolute Gasteiger partial charge is 0.494 e. The molecular weight excluding hydrogens is 398 g/mol. The molecule has 3 rings (SSSR count). The molecule has 1 amide bonds. The Labute approximate surface area is 180 Å². The van der Waals surface area contributed by atoms with E-state index in [1.54, 1.807) is 24.3 Å². The summed E-state index contributed by atoms with van der Waals surface area (Å²) >= 11 is 0. The van der Waals surface area contributed by atoms with Crippen LogP contribution in [0.3, 0.4) is 0 Å². The van der Waals surface area contributed by atoms with Crippen LogP contribution in [0.4, 0.5) is 0 Å². The van der Waals surface area contributed by atoms with E-state index < -0.39 is 0 Å². The van der Waals surface area contributed by atoms with Crippen molar-refractivity contribution in [2.24, 2.45) is 0 Å². The summed E-state index contributed by atoms with van der Waals surface area (Å²) < 4.78 is 17.2. The molecule has 31 heavy (non-hydrogen) atoms. The van der Waals surface area contributed by atoms with Crippen LogP contribution in [0.25, 0.3) is 11.3 Å². The van der Waals surface area contributed by atoms with Crippen molar-refractivity contribution >= 4 is 5.91 Å². The maximum atomic E-state index is 12.4. The number of aromatic nitrogens is 2. The van der Waals surface area contributed by atoms with Crippen molar-refractivity contribution in [1.29, 1.82) is 0 Å². The highest BCUT2D eigenvalue weighted by molar-refractivity contribution is 5.94. The number of benzene rings is 2. The number of carbonyl (C=O) groups excluding carboxylic acids is 1. The van der Waals surface area contributed by atoms with Gasteiger partial charge >= 0.3 is 0 Å². The monoisotopic (exact) mass is 423 g/mol. The van der Waals surface area contributed by atoms with Crippen molar-refractivity contribution in [3.05, 3.63) is 70.5 Å². The van der Waals surface area contributed by atoms with Crippen LogP contribution in [-0.2, 0) is 6.54 Å². The van der Waals surface area contributed by atoms with Crippen molar-refractivity contribution in [2.75, 3.05) is 27.4 Å². The van der Waals surface area contributed by atoms with Gasteiger partial charge in [0.05, 0.1) is 33.1 Å². The summed E-state index contributed by atoms with van der Waals surface area (Å²) in [6, 6.07) is 15.6. The first-order valence-corrected chi connectivity index (χ1v) is 9.87. The van der Waals surface area contributed by atoms with E-state index in [0.717, 1.165) is 11.3 Å². The van der Waals surface area contributed by atoms with Gasteiger partial charge in [-0.15, -0.1) is 0 Å². The standard InChI is InChI=1S/C23H25N3O5/c1-4-31-18-8-5-16(6-9-18)19-10-12-22(27)26(25-19)14-13-24-23(28)17-7-11-20(29-2)21(15-17)30-3/h5-12,15H,4,13-14H2,1-3H3,(H,24,28). The zero-order valence-corrected chi connectivity index (χ0v) is 17.8. The number of methoxy groups -OCH3 is 2. The summed E-state index contributed by atoms with van der Waals surface area (Å²) in [6.07, 6.45) is 0. The van der Waals surface area contributed by atoms with Gasteiger partial charge in [-0.1, -0.05) is 0 Å². The van der Waals surface area contributed by atoms with Crippen LogP contribution in [0.1, 0.15) is 17.3 Å². The number of amides is 1. The molecule has 1 heterocycles. The highest BCUT2D eigenvalue weighted by Gasteiger charge is 2.11. The third-order valence-corrected chi connectivity index (χ3v) is 4.58. The van der Waals surface area contributed by atoms with E-state index in [4.69, 9.17) is 14.2 Å². The van der Waals surface area contributed by atoms with Crippen molar-refractivity contribution in [3.63, 3.8) is 0 Å². The van der Waals surface area contributed by atoms with E-state index in [2.05, 4.69) is 10.4 Å². The first kappa shape index (κ1) is 21.9. The number of ether oxygens (including phenoxy) is 3. The predicted molar refractivity (Wildman–Crippen MR) is 117 cm³/mol. The molecule has 162 valence electrons. The van der Waals surface area contributed by atoms with Gasteiger partial charge < -0.3 is 19.5 Å². The van der Waals surface area contributed by atoms with Crippen LogP contribution in [0.2, 0.25) is 0 Å². The second-order valence-electron chi connectivity index (χ2n) is 6.56. The Kier molecular flexibility index (Phi) is 7.26. The number of rotatable bonds is 9. The smallest absolute Gasteiger partial charge is 0.266 e. The summed E-state index contributed by atoms with van der Waals surface area (Å²) in [5, 5.41) is 7.21. The lowest BCUT2D eigenvalue weighted by atomic mass is 10.1. The molecule has 0 radical (unpaired) electrons. The number of hydrogen-bond donors (Lipinski definition) is 1. The third kappa shape index (κ3) is 5.42. The summed E-state index contributed by atoms with van der Waals surface area (Å²) in [5.74, 6) is 1.51. The highest BCUT2D eigenvalue weighted by Crippen LogP contribution is 2.27. The molecule has 0 bridgehead atoms. The minimum absolute atomic E-state index is 0.239. The van der Waals surface area contributed by atoms with E-state index in [1.165, 1.54) is 25.0 Å². The summed E-state index contributed by atoms with van der Waals surface area (Å²) in [4.78, 5) is 24.6. The molecule has 0 saturated heterocycles. The predicted octanol–water partition coefficient (Wildman–Crippen LogP) is 2.76. The van der Waals surface area contributed by atoms with Crippen molar-refractivity contribution in [3.8, 4) is 28.5 Å². The fourth-order valence-corrected chi connectivity index (χ4v) is 3.01. The molecule has 0 atom stereocenters. The van der Waals surface area contributed by atoms with E-state index in [0.29, 0.717) is 29.4 Å². The first-order chi connectivity index (χ1) is 15.0. The Morgan fingerprint density at radius 2 is 1.74 bits per heavy atom. The number of carbonyl (C=O) groups is 1. The number of hydrogen-bond acceptors (Lipinski definition) is 6. The SMILES string of the molecule is CCOc1ccc(-c2ccc(=O)n(CCNC(=O)c3ccc(OC)c(OC)c3)n2)cc1. The molecular formula is C23H25N3O5. The van der Waals surface area contributed by atoms with Gasteiger partial charge in [0.2, 0.25) is 0 Å². The van der Waals surface area contributed by atoms with Crippen molar-refractivity contribution in [1.82, 2.24) is 15.1 Å². The molecule has 1 aromatic heterocycles. The van der Waals surface area contributed by atoms with Gasteiger partial charge in [0.1, 0.15) is 5.75 Å². The van der Waals surface area contributed by atoms with Crippen LogP contribution >= 0.6 is 0 Å². The summed E-state index contributed by atoms with van der Waals surface area (Å²) in [6.45, 7) is 3.00. The van der Waals surface area contributed by atoms with Gasteiger partial charge in [0.15, 0.2) is 11.5 Å². The van der Waals surface area contributed by atoms with Crippen LogP contribution in [0.5, 0.6) is 17.2 Å². The minimum Gasteiger partial charge on any atom is -0.494 e. The van der Waals surface area contributed by atoms with Crippen LogP contribution in [0.15, 0.2) is 59.4 Å². The zero-order valence-electron chi connectivity index (χ0n) is 17.8. The van der Waals surface area contributed by atoms with Crippen LogP contribution < -0.4 is 25.1 Å². The number of nitrogens with zero attached hydrogens (tertiary/aromatic N) is 2. The first-order valence-electron chi connectivity index (χ1n) is 9.87. The van der Waals surface area contributed by atoms with Gasteiger partial charge in [-0.2, -0.15) is 5.10 Å². The molecule has 0 unspecified atom stereocenters. The topological polar surface area (TPSA) is 91.7 Å². The minimum atomic E-state index is -0.281. The van der Waals surface area contributed by atoms with Gasteiger partial charge in [-0.3, -0.25) is 9.59 Å². The number of nitrogens with one attached hydrogen (secondary N) is 1. The van der Waals surface area contributed by atoms with E-state index in [-0.39, 0.29) is 24.6 Å². The normalized spacial score (nSPS) is 10.4. The molecule has 0 aliphatic rings. The van der Waals surface area contributed by atoms with Gasteiger partial charge in [-0.25, -0.2) is 4.68 Å². The van der Waals surface area contributed by atoms with E-state index in [1.807, 2.05) is 31.2 Å². The van der Waals surface area contributed by atoms with Gasteiger partial charge in [-0.05, 0) is 55.5 Å². The molecule has 8 heteroatoms. The summed E-state index contributed by atoms with van der Waals surface area (Å²) in [5.41, 5.74) is 1.72. The molecule has 0 spiro atoms. The Balaban J connectivity index is 1.66. The Morgan fingerprint density at radius 1 is 1.00 bits per heavy atom. The molecule has 0 aliphatic heterocycles. The molecule has 1 N–H and O–H groups in total. The fourth-order valence-electron chi connectivity index (χ4n) is 3.01. The van der Waals surface area contributed by atoms with E-state index >= 15 is 0 Å². The highest BCUT2D eigenvalue weighted by atomic mass is 16.5. The second-order valence-corrected chi connectivity index (χ2v) is 6.56. The van der Waals surface area contributed by atoms with Crippen molar-refractivity contribution < 1.29 is 19.0 Å². The third-order valence-electron chi connectivity index (χ3n) is 4.58. The summed E-state index contributed by atoms with van der Waals surface area (Å²) in [7, 11) is 3.04. The molecule has 8 nitrogen and oxygen atoms in total. The second kappa shape index (κ2) is 10.3. The Bertz CT molecular complexity index is 1090. The quantitative estimate of drug-likeness (QED) is 0.569. The van der Waals surface area contributed by atoms with Gasteiger partial charge in [0, 0.05) is 23.7 Å². The molecule has 0 fully saturated rings. The van der Waals surface area contributed by atoms with Crippen LogP contribution in [-0.4, -0.2) is 43.1 Å². The average Bonchev–Trinajstić information content (AvgIpc) is 2.80. The lowest BCUT2D eigenvalue weighted by molar-refractivity contribution is 0.0951. The molecule has 2 aromatic carbocycles. The Hall–Kier alpha value is -3.81. The lowest BCUT2D eigenvalue weighted by Crippen LogP contribution is -2.32. The maximum absolute atomic E-state index is 12.4. The maximum Gasteiger partial charge on any atom is 0.266 e. The van der Waals surface area contributed by atoms with Gasteiger partial charge in [0.25, 0.3) is 11.5 Å². The molecule has 3 aromatic rings.